The summed E-state index contributed by atoms with van der Waals surface area (Å²) in [6, 6.07) is 18.8. The van der Waals surface area contributed by atoms with E-state index in [0.29, 0.717) is 33.9 Å². The maximum Gasteiger partial charge on any atom is 0.416 e. The second-order valence-electron chi connectivity index (χ2n) is 8.68. The predicted octanol–water partition coefficient (Wildman–Crippen LogP) is 6.24. The molecule has 3 rings (SSSR count). The highest BCUT2D eigenvalue weighted by atomic mass is 19.4. The third-order valence-corrected chi connectivity index (χ3v) is 5.76. The van der Waals surface area contributed by atoms with Crippen LogP contribution in [-0.4, -0.2) is 45.3 Å². The Labute approximate surface area is 247 Å². The molecule has 0 aliphatic rings. The van der Waals surface area contributed by atoms with Gasteiger partial charge in [0.15, 0.2) is 0 Å². The number of methoxy groups -OCH3 is 2. The maximum absolute atomic E-state index is 12.9. The molecule has 8 nitrogen and oxygen atoms in total. The van der Waals surface area contributed by atoms with E-state index in [2.05, 4.69) is 22.2 Å². The molecule has 43 heavy (non-hydrogen) atoms. The first kappa shape index (κ1) is 32.3. The summed E-state index contributed by atoms with van der Waals surface area (Å²) in [6.45, 7) is 1.71. The third kappa shape index (κ3) is 9.39. The van der Waals surface area contributed by atoms with E-state index in [-0.39, 0.29) is 24.4 Å². The quantitative estimate of drug-likeness (QED) is 0.0653. The number of carbonyl (C=O) groups is 1. The molecule has 0 saturated carbocycles. The summed E-state index contributed by atoms with van der Waals surface area (Å²) in [6.07, 6.45) is -3.13. The molecule has 0 spiro atoms. The van der Waals surface area contributed by atoms with Crippen LogP contribution in [-0.2, 0) is 36.7 Å². The second-order valence-corrected chi connectivity index (χ2v) is 8.68. The molecular formula is C32H29F3N2O6. The maximum atomic E-state index is 12.9. The Morgan fingerprint density at radius 3 is 2.37 bits per heavy atom. The number of ether oxygens (including phenoxy) is 3. The number of hydrogen-bond donors (Lipinski definition) is 0. The monoisotopic (exact) mass is 594 g/mol. The molecule has 0 N–H and O–H groups in total. The third-order valence-electron chi connectivity index (χ3n) is 5.76. The molecule has 0 fully saturated rings. The van der Waals surface area contributed by atoms with Crippen molar-refractivity contribution in [3.05, 3.63) is 107 Å². The average molecular weight is 595 g/mol. The number of hydrogen-bond acceptors (Lipinski definition) is 8. The number of rotatable bonds is 11. The van der Waals surface area contributed by atoms with Crippen LogP contribution in [0.1, 0.15) is 34.7 Å². The zero-order valence-corrected chi connectivity index (χ0v) is 23.9. The van der Waals surface area contributed by atoms with Gasteiger partial charge in [0, 0.05) is 16.7 Å². The normalized spacial score (nSPS) is 12.1. The zero-order valence-electron chi connectivity index (χ0n) is 23.9. The zero-order chi connectivity index (χ0) is 31.2. The van der Waals surface area contributed by atoms with Crippen LogP contribution in [0.3, 0.4) is 0 Å². The van der Waals surface area contributed by atoms with Crippen LogP contribution < -0.4 is 4.74 Å². The van der Waals surface area contributed by atoms with E-state index in [1.54, 1.807) is 55.5 Å². The van der Waals surface area contributed by atoms with Crippen LogP contribution >= 0.6 is 0 Å². The first-order chi connectivity index (χ1) is 20.7. The van der Waals surface area contributed by atoms with Gasteiger partial charge >= 0.3 is 12.1 Å². The molecule has 0 aromatic heterocycles. The van der Waals surface area contributed by atoms with Crippen molar-refractivity contribution in [2.45, 2.75) is 19.7 Å². The van der Waals surface area contributed by atoms with Crippen LogP contribution in [0, 0.1) is 11.8 Å². The van der Waals surface area contributed by atoms with Gasteiger partial charge in [-0.3, -0.25) is 0 Å². The molecule has 0 heterocycles. The van der Waals surface area contributed by atoms with Gasteiger partial charge in [-0.15, -0.1) is 0 Å². The van der Waals surface area contributed by atoms with Crippen molar-refractivity contribution in [2.75, 3.05) is 27.9 Å². The van der Waals surface area contributed by atoms with E-state index in [1.807, 2.05) is 0 Å². The van der Waals surface area contributed by atoms with Crippen molar-refractivity contribution < 1.29 is 41.9 Å². The fourth-order valence-electron chi connectivity index (χ4n) is 3.76. The number of esters is 1. The molecule has 0 aliphatic carbocycles. The van der Waals surface area contributed by atoms with Gasteiger partial charge in [-0.25, -0.2) is 4.79 Å². The molecule has 0 bridgehead atoms. The number of oxime groups is 2. The smallest absolute Gasteiger partial charge is 0.416 e. The first-order valence-electron chi connectivity index (χ1n) is 12.7. The summed E-state index contributed by atoms with van der Waals surface area (Å²) in [4.78, 5) is 22.8. The SMILES string of the molecule is COC=C(C(=O)OC)c1ccccc1CON=C(C)C(=NOC)c1ccc(OCC#Cc2cccc(C(F)(F)F)c2)cc1. The van der Waals surface area contributed by atoms with E-state index < -0.39 is 17.7 Å². The summed E-state index contributed by atoms with van der Waals surface area (Å²) in [5.74, 6) is 5.32. The Hall–Kier alpha value is -5.24. The Bertz CT molecular complexity index is 1550. The lowest BCUT2D eigenvalue weighted by atomic mass is 10.0. The molecule has 3 aromatic carbocycles. The van der Waals surface area contributed by atoms with E-state index in [1.165, 1.54) is 39.7 Å². The summed E-state index contributed by atoms with van der Waals surface area (Å²) in [5, 5.41) is 8.24. The molecule has 0 saturated heterocycles. The van der Waals surface area contributed by atoms with Crippen LogP contribution in [0.4, 0.5) is 13.2 Å². The fourth-order valence-corrected chi connectivity index (χ4v) is 3.76. The molecule has 0 atom stereocenters. The second kappa shape index (κ2) is 15.7. The Morgan fingerprint density at radius 1 is 0.953 bits per heavy atom. The lowest BCUT2D eigenvalue weighted by Crippen LogP contribution is -2.13. The van der Waals surface area contributed by atoms with Crippen molar-refractivity contribution in [1.29, 1.82) is 0 Å². The number of halogens is 3. The predicted molar refractivity (Wildman–Crippen MR) is 155 cm³/mol. The molecule has 0 aliphatic heterocycles. The van der Waals surface area contributed by atoms with Gasteiger partial charge in [-0.1, -0.05) is 52.5 Å². The minimum Gasteiger partial charge on any atom is -0.503 e. The first-order valence-corrected chi connectivity index (χ1v) is 12.7. The van der Waals surface area contributed by atoms with Gasteiger partial charge < -0.3 is 23.9 Å². The Balaban J connectivity index is 1.66. The van der Waals surface area contributed by atoms with Crippen molar-refractivity contribution in [3.8, 4) is 17.6 Å². The molecule has 0 unspecified atom stereocenters. The van der Waals surface area contributed by atoms with E-state index in [0.717, 1.165) is 12.1 Å². The van der Waals surface area contributed by atoms with Gasteiger partial charge in [-0.05, 0) is 55.0 Å². The van der Waals surface area contributed by atoms with Crippen LogP contribution in [0.5, 0.6) is 5.75 Å². The topological polar surface area (TPSA) is 87.9 Å². The van der Waals surface area contributed by atoms with Gasteiger partial charge in [-0.2, -0.15) is 13.2 Å². The molecule has 0 amide bonds. The highest BCUT2D eigenvalue weighted by molar-refractivity contribution is 6.47. The van der Waals surface area contributed by atoms with E-state index in [9.17, 15) is 18.0 Å². The Morgan fingerprint density at radius 2 is 1.70 bits per heavy atom. The van der Waals surface area contributed by atoms with Crippen molar-refractivity contribution in [3.63, 3.8) is 0 Å². The largest absolute Gasteiger partial charge is 0.503 e. The molecule has 224 valence electrons. The number of alkyl halides is 3. The lowest BCUT2D eigenvalue weighted by molar-refractivity contribution is -0.137. The highest BCUT2D eigenvalue weighted by Crippen LogP contribution is 2.29. The fraction of sp³-hybridized carbons (Fsp3) is 0.219. The summed E-state index contributed by atoms with van der Waals surface area (Å²) in [7, 11) is 4.12. The molecule has 11 heteroatoms. The molecular weight excluding hydrogens is 565 g/mol. The van der Waals surface area contributed by atoms with Crippen molar-refractivity contribution >= 4 is 23.0 Å². The van der Waals surface area contributed by atoms with Crippen LogP contribution in [0.2, 0.25) is 0 Å². The number of nitrogens with zero attached hydrogens (tertiary/aromatic N) is 2. The van der Waals surface area contributed by atoms with Gasteiger partial charge in [0.25, 0.3) is 0 Å². The highest BCUT2D eigenvalue weighted by Gasteiger charge is 2.30. The number of carbonyl (C=O) groups excluding carboxylic acids is 1. The molecule has 3 aromatic rings. The minimum absolute atomic E-state index is 0.0261. The average Bonchev–Trinajstić information content (AvgIpc) is 3.01. The van der Waals surface area contributed by atoms with Crippen LogP contribution in [0.15, 0.2) is 89.4 Å². The van der Waals surface area contributed by atoms with Gasteiger partial charge in [0.1, 0.15) is 43.1 Å². The van der Waals surface area contributed by atoms with Crippen molar-refractivity contribution in [1.82, 2.24) is 0 Å². The van der Waals surface area contributed by atoms with E-state index >= 15 is 0 Å². The number of benzene rings is 3. The molecule has 0 radical (unpaired) electrons. The lowest BCUT2D eigenvalue weighted by Gasteiger charge is -2.11. The van der Waals surface area contributed by atoms with Crippen molar-refractivity contribution in [2.24, 2.45) is 10.3 Å². The summed E-state index contributed by atoms with van der Waals surface area (Å²) < 4.78 is 54.1. The Kier molecular flexibility index (Phi) is 11.8. The minimum atomic E-state index is -4.43. The van der Waals surface area contributed by atoms with Crippen LogP contribution in [0.25, 0.3) is 5.57 Å². The van der Waals surface area contributed by atoms with E-state index in [4.69, 9.17) is 23.9 Å². The summed E-state index contributed by atoms with van der Waals surface area (Å²) >= 11 is 0. The van der Waals surface area contributed by atoms with Gasteiger partial charge in [0.2, 0.25) is 0 Å². The van der Waals surface area contributed by atoms with Gasteiger partial charge in [0.05, 0.1) is 26.0 Å². The standard InChI is InChI=1S/C32H29F3N2O6/c1-22(36-43-20-25-11-5-6-13-28(25)29(21-39-2)31(38)40-3)30(37-41-4)24-14-16-27(17-15-24)42-18-8-10-23-9-7-12-26(19-23)32(33,34)35/h5-7,9,11-17,19,21H,18,20H2,1-4H3. The summed E-state index contributed by atoms with van der Waals surface area (Å²) in [5.41, 5.74) is 2.44.